The minimum absolute atomic E-state index is 0.616. The van der Waals surface area contributed by atoms with E-state index in [1.807, 2.05) is 6.07 Å². The first-order valence-corrected chi connectivity index (χ1v) is 14.5. The topological polar surface area (TPSA) is 40.7 Å². The van der Waals surface area contributed by atoms with E-state index in [4.69, 9.17) is 14.2 Å². The predicted octanol–water partition coefficient (Wildman–Crippen LogP) is 4.50. The van der Waals surface area contributed by atoms with Gasteiger partial charge in [0.1, 0.15) is 5.75 Å². The van der Waals surface area contributed by atoms with Crippen molar-refractivity contribution in [2.24, 2.45) is 0 Å². The average molecular weight is 545 g/mol. The molecule has 2 aliphatic rings. The van der Waals surface area contributed by atoms with Crippen LogP contribution in [0.15, 0.2) is 72.8 Å². The van der Waals surface area contributed by atoms with Gasteiger partial charge in [-0.25, -0.2) is 0 Å². The summed E-state index contributed by atoms with van der Waals surface area (Å²) in [4.78, 5) is 9.73. The van der Waals surface area contributed by atoms with Crippen LogP contribution in [0.5, 0.6) is 5.75 Å². The second-order valence-electron chi connectivity index (χ2n) is 10.8. The highest BCUT2D eigenvalue weighted by Crippen LogP contribution is 2.25. The molecule has 214 valence electrons. The molecule has 5 rings (SSSR count). The van der Waals surface area contributed by atoms with Crippen molar-refractivity contribution in [1.82, 2.24) is 9.80 Å². The van der Waals surface area contributed by atoms with Crippen LogP contribution >= 0.6 is 0 Å². The number of ether oxygens (including phenoxy) is 3. The predicted molar refractivity (Wildman–Crippen MR) is 162 cm³/mol. The summed E-state index contributed by atoms with van der Waals surface area (Å²) in [6.07, 6.45) is 0. The quantitative estimate of drug-likeness (QED) is 0.311. The summed E-state index contributed by atoms with van der Waals surface area (Å²) in [7, 11) is 3.92. The number of benzene rings is 3. The molecule has 0 bridgehead atoms. The van der Waals surface area contributed by atoms with Crippen molar-refractivity contribution < 1.29 is 14.2 Å². The van der Waals surface area contributed by atoms with Crippen molar-refractivity contribution in [3.05, 3.63) is 89.5 Å². The van der Waals surface area contributed by atoms with Crippen molar-refractivity contribution in [1.29, 1.82) is 0 Å². The number of rotatable bonds is 12. The van der Waals surface area contributed by atoms with E-state index in [-0.39, 0.29) is 0 Å². The Hall–Kier alpha value is -3.10. The largest absolute Gasteiger partial charge is 0.497 e. The van der Waals surface area contributed by atoms with E-state index in [0.29, 0.717) is 6.61 Å². The Morgan fingerprint density at radius 1 is 0.775 bits per heavy atom. The third kappa shape index (κ3) is 8.21. The van der Waals surface area contributed by atoms with Crippen molar-refractivity contribution in [2.75, 3.05) is 89.6 Å². The van der Waals surface area contributed by atoms with E-state index < -0.39 is 0 Å². The molecule has 0 amide bonds. The highest BCUT2D eigenvalue weighted by atomic mass is 16.5. The SMILES string of the molecule is COc1cccc(CN(Cc2ccc(N3CCN(C)CC3)cc2)c2cccc(COCCN3CCOCC3)c2)c1. The fourth-order valence-corrected chi connectivity index (χ4v) is 5.38. The third-order valence-corrected chi connectivity index (χ3v) is 7.89. The van der Waals surface area contributed by atoms with Gasteiger partial charge in [-0.05, 0) is 60.1 Å². The van der Waals surface area contributed by atoms with E-state index in [2.05, 4.69) is 93.4 Å². The van der Waals surface area contributed by atoms with Gasteiger partial charge in [-0.15, -0.1) is 0 Å². The van der Waals surface area contributed by atoms with Crippen LogP contribution < -0.4 is 14.5 Å². The van der Waals surface area contributed by atoms with Crippen LogP contribution in [0.25, 0.3) is 0 Å². The van der Waals surface area contributed by atoms with E-state index >= 15 is 0 Å². The second kappa shape index (κ2) is 14.5. The number of hydrogen-bond donors (Lipinski definition) is 0. The molecule has 0 spiro atoms. The standard InChI is InChI=1S/C33H44N4O3/c1-34-13-15-36(16-14-34)31-11-9-28(10-12-31)25-37(26-29-5-4-8-33(24-29)38-2)32-7-3-6-30(23-32)27-40-22-19-35-17-20-39-21-18-35/h3-12,23-24H,13-22,25-27H2,1-2H3. The molecular formula is C33H44N4O3. The lowest BCUT2D eigenvalue weighted by molar-refractivity contribution is 0.0180. The second-order valence-corrected chi connectivity index (χ2v) is 10.8. The van der Waals surface area contributed by atoms with E-state index in [9.17, 15) is 0 Å². The van der Waals surface area contributed by atoms with E-state index in [1.165, 1.54) is 28.1 Å². The monoisotopic (exact) mass is 544 g/mol. The van der Waals surface area contributed by atoms with E-state index in [0.717, 1.165) is 84.5 Å². The van der Waals surface area contributed by atoms with Gasteiger partial charge in [-0.2, -0.15) is 0 Å². The normalized spacial score (nSPS) is 16.7. The molecule has 2 heterocycles. The summed E-state index contributed by atoms with van der Waals surface area (Å²) in [5.74, 6) is 0.886. The Balaban J connectivity index is 1.26. The average Bonchev–Trinajstić information content (AvgIpc) is 3.01. The van der Waals surface area contributed by atoms with Crippen LogP contribution in [0.1, 0.15) is 16.7 Å². The molecule has 0 aliphatic carbocycles. The van der Waals surface area contributed by atoms with Gasteiger partial charge in [-0.3, -0.25) is 4.90 Å². The van der Waals surface area contributed by atoms with Crippen LogP contribution in [0.3, 0.4) is 0 Å². The molecule has 0 radical (unpaired) electrons. The summed E-state index contributed by atoms with van der Waals surface area (Å²) in [6.45, 7) is 11.9. The van der Waals surface area contributed by atoms with Gasteiger partial charge in [0.05, 0.1) is 33.5 Å². The van der Waals surface area contributed by atoms with Crippen molar-refractivity contribution in [2.45, 2.75) is 19.7 Å². The molecule has 3 aromatic rings. The van der Waals surface area contributed by atoms with Crippen LogP contribution in [0.2, 0.25) is 0 Å². The maximum absolute atomic E-state index is 6.08. The molecule has 40 heavy (non-hydrogen) atoms. The summed E-state index contributed by atoms with van der Waals surface area (Å²) >= 11 is 0. The first-order chi connectivity index (χ1) is 19.7. The molecule has 2 fully saturated rings. The van der Waals surface area contributed by atoms with Gasteiger partial charge in [0.15, 0.2) is 0 Å². The Morgan fingerprint density at radius 3 is 2.27 bits per heavy atom. The molecule has 0 saturated carbocycles. The maximum Gasteiger partial charge on any atom is 0.119 e. The smallest absolute Gasteiger partial charge is 0.119 e. The third-order valence-electron chi connectivity index (χ3n) is 7.89. The fraction of sp³-hybridized carbons (Fsp3) is 0.455. The lowest BCUT2D eigenvalue weighted by Crippen LogP contribution is -2.44. The molecular weight excluding hydrogens is 500 g/mol. The van der Waals surface area contributed by atoms with Gasteiger partial charge in [0.25, 0.3) is 0 Å². The van der Waals surface area contributed by atoms with Gasteiger partial charge < -0.3 is 28.9 Å². The Bertz CT molecular complexity index is 1170. The van der Waals surface area contributed by atoms with Gasteiger partial charge in [-0.1, -0.05) is 36.4 Å². The highest BCUT2D eigenvalue weighted by molar-refractivity contribution is 5.52. The Kier molecular flexibility index (Phi) is 10.3. The van der Waals surface area contributed by atoms with Crippen molar-refractivity contribution >= 4 is 11.4 Å². The molecule has 0 atom stereocenters. The lowest BCUT2D eigenvalue weighted by Gasteiger charge is -2.34. The molecule has 0 N–H and O–H groups in total. The number of hydrogen-bond acceptors (Lipinski definition) is 7. The summed E-state index contributed by atoms with van der Waals surface area (Å²) in [6, 6.07) is 26.3. The fourth-order valence-electron chi connectivity index (χ4n) is 5.38. The van der Waals surface area contributed by atoms with Crippen LogP contribution in [-0.4, -0.2) is 89.6 Å². The molecule has 2 aliphatic heterocycles. The molecule has 3 aromatic carbocycles. The Morgan fingerprint density at radius 2 is 1.50 bits per heavy atom. The number of methoxy groups -OCH3 is 1. The number of nitrogens with zero attached hydrogens (tertiary/aromatic N) is 4. The van der Waals surface area contributed by atoms with E-state index in [1.54, 1.807) is 7.11 Å². The van der Waals surface area contributed by atoms with Crippen LogP contribution in [0.4, 0.5) is 11.4 Å². The Labute approximate surface area is 239 Å². The molecule has 0 aromatic heterocycles. The lowest BCUT2D eigenvalue weighted by atomic mass is 10.1. The highest BCUT2D eigenvalue weighted by Gasteiger charge is 2.15. The maximum atomic E-state index is 6.08. The summed E-state index contributed by atoms with van der Waals surface area (Å²) in [5.41, 5.74) is 6.22. The number of morpholine rings is 1. The zero-order valence-electron chi connectivity index (χ0n) is 24.1. The van der Waals surface area contributed by atoms with Crippen LogP contribution in [-0.2, 0) is 29.2 Å². The molecule has 7 nitrogen and oxygen atoms in total. The number of anilines is 2. The zero-order valence-corrected chi connectivity index (χ0v) is 24.1. The van der Waals surface area contributed by atoms with Crippen molar-refractivity contribution in [3.8, 4) is 5.75 Å². The minimum atomic E-state index is 0.616. The summed E-state index contributed by atoms with van der Waals surface area (Å²) < 4.78 is 17.0. The van der Waals surface area contributed by atoms with Gasteiger partial charge in [0, 0.05) is 70.3 Å². The first kappa shape index (κ1) is 28.4. The van der Waals surface area contributed by atoms with Gasteiger partial charge >= 0.3 is 0 Å². The summed E-state index contributed by atoms with van der Waals surface area (Å²) in [5, 5.41) is 0. The molecule has 0 unspecified atom stereocenters. The first-order valence-electron chi connectivity index (χ1n) is 14.5. The minimum Gasteiger partial charge on any atom is -0.497 e. The zero-order chi connectivity index (χ0) is 27.6. The molecule has 7 heteroatoms. The number of likely N-dealkylation sites (N-methyl/N-ethyl adjacent to an activating group) is 1. The number of piperazine rings is 1. The van der Waals surface area contributed by atoms with Crippen LogP contribution in [0, 0.1) is 0 Å². The molecule has 2 saturated heterocycles. The van der Waals surface area contributed by atoms with Gasteiger partial charge in [0.2, 0.25) is 0 Å². The van der Waals surface area contributed by atoms with Crippen molar-refractivity contribution in [3.63, 3.8) is 0 Å².